The molecule has 2 N–H and O–H groups in total. The number of nitrogens with one attached hydrogen (secondary N) is 1. The van der Waals surface area contributed by atoms with Crippen molar-refractivity contribution in [1.29, 1.82) is 0 Å². The number of benzene rings is 1. The predicted octanol–water partition coefficient (Wildman–Crippen LogP) is 2.41. The Morgan fingerprint density at radius 2 is 2.09 bits per heavy atom. The van der Waals surface area contributed by atoms with Crippen LogP contribution in [0.1, 0.15) is 19.8 Å². The van der Waals surface area contributed by atoms with Gasteiger partial charge < -0.3 is 24.6 Å². The normalized spacial score (nSPS) is 28.1. The molecular weight excluding hydrogens is 432 g/mol. The first-order chi connectivity index (χ1) is 15.7. The molecule has 2 bridgehead atoms. The van der Waals surface area contributed by atoms with Gasteiger partial charge in [0.25, 0.3) is 5.92 Å². The highest BCUT2D eigenvalue weighted by Crippen LogP contribution is 2.48. The summed E-state index contributed by atoms with van der Waals surface area (Å²) in [6, 6.07) is 4.35. The Balaban J connectivity index is 1.38. The van der Waals surface area contributed by atoms with Crippen LogP contribution >= 0.6 is 0 Å². The van der Waals surface area contributed by atoms with E-state index in [1.54, 1.807) is 54.3 Å². The second-order valence-electron chi connectivity index (χ2n) is 8.89. The fraction of sp³-hybridized carbons (Fsp3) is 0.455. The lowest BCUT2D eigenvalue weighted by Crippen LogP contribution is -2.64. The number of piperidine rings is 1. The van der Waals surface area contributed by atoms with Crippen LogP contribution < -0.4 is 10.2 Å². The van der Waals surface area contributed by atoms with Crippen LogP contribution in [0.2, 0.25) is 0 Å². The molecule has 2 aliphatic heterocycles. The zero-order chi connectivity index (χ0) is 23.4. The number of alkyl halides is 2. The van der Waals surface area contributed by atoms with Gasteiger partial charge in [0.1, 0.15) is 11.4 Å². The summed E-state index contributed by atoms with van der Waals surface area (Å²) in [7, 11) is 3.29. The van der Waals surface area contributed by atoms with Crippen molar-refractivity contribution in [2.45, 2.75) is 49.4 Å². The molecule has 2 fully saturated rings. The van der Waals surface area contributed by atoms with E-state index in [1.165, 1.54) is 13.3 Å². The Morgan fingerprint density at radius 1 is 1.27 bits per heavy atom. The molecule has 0 aliphatic carbocycles. The van der Waals surface area contributed by atoms with Crippen LogP contribution in [0.25, 0.3) is 16.9 Å². The van der Waals surface area contributed by atoms with Crippen LogP contribution in [-0.4, -0.2) is 73.6 Å². The number of hydrogen-bond donors (Lipinski definition) is 2. The number of phenolic OH excluding ortho intramolecular Hbond substituents is 1. The maximum absolute atomic E-state index is 14.6. The van der Waals surface area contributed by atoms with Crippen LogP contribution in [-0.2, 0) is 4.74 Å². The molecule has 1 aromatic carbocycles. The van der Waals surface area contributed by atoms with E-state index >= 15 is 0 Å². The fourth-order valence-electron chi connectivity index (χ4n) is 4.97. The molecule has 0 spiro atoms. The van der Waals surface area contributed by atoms with Gasteiger partial charge in [0.2, 0.25) is 5.95 Å². The number of imidazole rings is 1. The minimum atomic E-state index is -2.83. The Hall–Kier alpha value is -3.18. The van der Waals surface area contributed by atoms with Gasteiger partial charge in [-0.05, 0) is 25.5 Å². The van der Waals surface area contributed by atoms with Crippen LogP contribution in [0.4, 0.5) is 14.7 Å². The second kappa shape index (κ2) is 7.70. The summed E-state index contributed by atoms with van der Waals surface area (Å²) in [5.41, 5.74) is 0.313. The zero-order valence-electron chi connectivity index (χ0n) is 18.5. The molecule has 0 radical (unpaired) electrons. The van der Waals surface area contributed by atoms with E-state index < -0.39 is 23.6 Å². The van der Waals surface area contributed by atoms with Crippen molar-refractivity contribution >= 4 is 5.95 Å². The van der Waals surface area contributed by atoms with Crippen molar-refractivity contribution in [2.75, 3.05) is 19.1 Å². The summed E-state index contributed by atoms with van der Waals surface area (Å²) in [6.07, 6.45) is 6.04. The van der Waals surface area contributed by atoms with Crippen LogP contribution in [0.15, 0.2) is 43.1 Å². The molecule has 3 aromatic rings. The summed E-state index contributed by atoms with van der Waals surface area (Å²) in [6.45, 7) is 1.55. The molecule has 2 saturated heterocycles. The van der Waals surface area contributed by atoms with Crippen LogP contribution in [0.3, 0.4) is 0 Å². The maximum atomic E-state index is 14.6. The van der Waals surface area contributed by atoms with E-state index in [0.717, 1.165) is 5.69 Å². The van der Waals surface area contributed by atoms with Gasteiger partial charge in [0.15, 0.2) is 0 Å². The monoisotopic (exact) mass is 457 g/mol. The number of nitrogens with zero attached hydrogens (tertiary/aromatic N) is 6. The number of fused-ring (bicyclic) bond motifs is 2. The molecule has 2 aromatic heterocycles. The number of ether oxygens (including phenoxy) is 1. The molecule has 11 heteroatoms. The van der Waals surface area contributed by atoms with Crippen molar-refractivity contribution in [3.8, 4) is 22.7 Å². The molecule has 174 valence electrons. The SMILES string of the molecule is CO[C@H]1C2CC(F)(F)[C@@](C)(C[C@@H]1N(C)c1ncc(-c3ccc(-n4ccnc4)cc3O)nn1)N2. The maximum Gasteiger partial charge on any atom is 0.267 e. The summed E-state index contributed by atoms with van der Waals surface area (Å²) in [5, 5.41) is 22.0. The van der Waals surface area contributed by atoms with Crippen molar-refractivity contribution in [3.63, 3.8) is 0 Å². The standard InChI is InChI=1S/C22H25F2N7O2/c1-21-10-17(19(33-3)15(27-21)9-22(21,23)24)30(2)20-26-11-16(28-29-20)14-5-4-13(8-18(14)32)31-7-6-25-12-31/h4-8,11-12,15,17,19,27,32H,9-10H2,1-3H3/t15?,17-,19-,21+/m0/s1. The van der Waals surface area contributed by atoms with Crippen molar-refractivity contribution < 1.29 is 18.6 Å². The highest BCUT2D eigenvalue weighted by Gasteiger charge is 2.64. The number of hydrogen-bond acceptors (Lipinski definition) is 8. The largest absolute Gasteiger partial charge is 0.507 e. The number of anilines is 1. The molecule has 5 rings (SSSR count). The average Bonchev–Trinajstić information content (AvgIpc) is 3.38. The van der Waals surface area contributed by atoms with Gasteiger partial charge in [-0.1, -0.05) is 0 Å². The van der Waals surface area contributed by atoms with Gasteiger partial charge in [-0.2, -0.15) is 0 Å². The molecule has 0 saturated carbocycles. The zero-order valence-corrected chi connectivity index (χ0v) is 18.5. The summed E-state index contributed by atoms with van der Waals surface area (Å²) in [5.74, 6) is -2.50. The van der Waals surface area contributed by atoms with Gasteiger partial charge in [0.05, 0.1) is 35.9 Å². The van der Waals surface area contributed by atoms with E-state index in [4.69, 9.17) is 4.74 Å². The predicted molar refractivity (Wildman–Crippen MR) is 117 cm³/mol. The van der Waals surface area contributed by atoms with Gasteiger partial charge in [0, 0.05) is 50.6 Å². The van der Waals surface area contributed by atoms with Gasteiger partial charge >= 0.3 is 0 Å². The third kappa shape index (κ3) is 3.51. The second-order valence-corrected chi connectivity index (χ2v) is 8.89. The molecule has 2 aliphatic rings. The van der Waals surface area contributed by atoms with E-state index in [1.807, 2.05) is 6.07 Å². The number of halogens is 2. The molecule has 1 unspecified atom stereocenters. The third-order valence-corrected chi connectivity index (χ3v) is 6.88. The topological polar surface area (TPSA) is 101 Å². The Kier molecular flexibility index (Phi) is 5.05. The Labute approximate surface area is 189 Å². The first kappa shape index (κ1) is 21.7. The van der Waals surface area contributed by atoms with E-state index in [0.29, 0.717) is 17.2 Å². The van der Waals surface area contributed by atoms with Gasteiger partial charge in [-0.25, -0.2) is 18.7 Å². The molecule has 33 heavy (non-hydrogen) atoms. The quantitative estimate of drug-likeness (QED) is 0.603. The third-order valence-electron chi connectivity index (χ3n) is 6.88. The van der Waals surface area contributed by atoms with E-state index in [2.05, 4.69) is 25.5 Å². The van der Waals surface area contributed by atoms with Crippen LogP contribution in [0, 0.1) is 0 Å². The molecule has 9 nitrogen and oxygen atoms in total. The lowest BCUT2D eigenvalue weighted by Gasteiger charge is -2.45. The number of rotatable bonds is 5. The lowest BCUT2D eigenvalue weighted by molar-refractivity contribution is -0.0608. The Morgan fingerprint density at radius 3 is 2.73 bits per heavy atom. The Bertz CT molecular complexity index is 1140. The molecular formula is C22H25F2N7O2. The number of phenols is 1. The lowest BCUT2D eigenvalue weighted by atomic mass is 9.85. The summed E-state index contributed by atoms with van der Waals surface area (Å²) < 4.78 is 36.6. The van der Waals surface area contributed by atoms with Crippen LogP contribution in [0.5, 0.6) is 5.75 Å². The van der Waals surface area contributed by atoms with E-state index in [-0.39, 0.29) is 24.6 Å². The van der Waals surface area contributed by atoms with Crippen molar-refractivity contribution in [2.24, 2.45) is 0 Å². The highest BCUT2D eigenvalue weighted by atomic mass is 19.3. The minimum Gasteiger partial charge on any atom is -0.507 e. The van der Waals surface area contributed by atoms with Gasteiger partial charge in [-0.15, -0.1) is 10.2 Å². The van der Waals surface area contributed by atoms with Gasteiger partial charge in [-0.3, -0.25) is 0 Å². The fourth-order valence-corrected chi connectivity index (χ4v) is 4.97. The van der Waals surface area contributed by atoms with Crippen molar-refractivity contribution in [3.05, 3.63) is 43.1 Å². The summed E-state index contributed by atoms with van der Waals surface area (Å²) >= 11 is 0. The first-order valence-corrected chi connectivity index (χ1v) is 10.6. The molecule has 0 amide bonds. The number of aromatic hydroxyl groups is 1. The summed E-state index contributed by atoms with van der Waals surface area (Å²) in [4.78, 5) is 10.2. The molecule has 4 atom stereocenters. The van der Waals surface area contributed by atoms with E-state index in [9.17, 15) is 13.9 Å². The smallest absolute Gasteiger partial charge is 0.267 e. The number of aromatic nitrogens is 5. The van der Waals surface area contributed by atoms with Crippen molar-refractivity contribution in [1.82, 2.24) is 30.0 Å². The minimum absolute atomic E-state index is 0.0305. The highest BCUT2D eigenvalue weighted by molar-refractivity contribution is 5.68. The molecule has 4 heterocycles. The number of likely N-dealkylation sites (N-methyl/N-ethyl adjacent to an activating group) is 1. The first-order valence-electron chi connectivity index (χ1n) is 10.6. The number of methoxy groups -OCH3 is 1. The average molecular weight is 457 g/mol.